The molecule has 0 radical (unpaired) electrons. The maximum absolute atomic E-state index is 8.56. The fraction of sp³-hybridized carbons (Fsp3) is 0.969. The van der Waals surface area contributed by atoms with Gasteiger partial charge in [-0.3, -0.25) is 42.5 Å². The molecule has 0 spiro atoms. The van der Waals surface area contributed by atoms with Gasteiger partial charge in [-0.1, -0.05) is 51.4 Å². The van der Waals surface area contributed by atoms with Gasteiger partial charge in [-0.25, -0.2) is 4.21 Å². The fourth-order valence-corrected chi connectivity index (χ4v) is 11.7. The molecule has 4 aliphatic carbocycles. The monoisotopic (exact) mass is 730 g/mol. The molecule has 9 fully saturated rings. The van der Waals surface area contributed by atoms with Crippen molar-refractivity contribution < 1.29 is 28.4 Å². The first-order chi connectivity index (χ1) is 22.5. The standard InChI is InChI=1S/C32H55N8.ClH.Cu.H2O3S/c1-2-10-18-17(9-1)25-33-26(18)38-28-21-13-5-6-14-22(21)30(35-28)40-32-24-16-8-7-15-23(24)31(36-32)39-29-20-12-4-3-11-19(20)27(34-29)37-25;;;1-4(2)3/h9,17-40H,1-8,10-16H2;1H;;(H2,1,2,3)/q-1;;+2;/p-2. The van der Waals surface area contributed by atoms with Gasteiger partial charge in [-0.15, -0.1) is 5.92 Å². The van der Waals surface area contributed by atoms with Gasteiger partial charge < -0.3 is 15.5 Å². The van der Waals surface area contributed by atoms with E-state index in [0.29, 0.717) is 61.2 Å². The van der Waals surface area contributed by atoms with Gasteiger partial charge in [0.05, 0.1) is 54.5 Å². The van der Waals surface area contributed by atoms with E-state index >= 15 is 0 Å². The van der Waals surface area contributed by atoms with Crippen molar-refractivity contribution in [3.8, 4) is 0 Å². The SMILES string of the molecule is O=S([O-])O.[CH-]1CCCC2C3NC(NC4NC(NC5NC(NC6NC(N3)C3CCCCC63)C3CCCCC53)C3CCCCC43)C12.[Cl][Cu+]. The third-order valence-corrected chi connectivity index (χ3v) is 13.6. The molecule has 0 aromatic rings. The van der Waals surface area contributed by atoms with Gasteiger partial charge in [0.2, 0.25) is 0 Å². The van der Waals surface area contributed by atoms with Crippen molar-refractivity contribution >= 4 is 21.5 Å². The van der Waals surface area contributed by atoms with Crippen LogP contribution in [-0.2, 0) is 26.5 Å². The number of hydrogen-bond donors (Lipinski definition) is 9. The van der Waals surface area contributed by atoms with E-state index in [4.69, 9.17) is 13.3 Å². The summed E-state index contributed by atoms with van der Waals surface area (Å²) in [6.45, 7) is 0. The van der Waals surface area contributed by atoms with E-state index in [-0.39, 0.29) is 0 Å². The number of halogens is 1. The number of hydrogen-bond acceptors (Lipinski definition) is 10. The summed E-state index contributed by atoms with van der Waals surface area (Å²) in [7, 11) is 4.20. The summed E-state index contributed by atoms with van der Waals surface area (Å²) in [5.74, 6) is 5.74. The quantitative estimate of drug-likeness (QED) is 0.103. The Hall–Kier alpha value is 0.559. The molecule has 8 bridgehead atoms. The van der Waals surface area contributed by atoms with Crippen LogP contribution in [0.2, 0.25) is 0 Å². The molecule has 4 saturated carbocycles. The Balaban J connectivity index is 0.000000526. The minimum atomic E-state index is -2.86. The molecule has 9 aliphatic rings. The molecular formula is C32H56ClCuN8O3S-. The average Bonchev–Trinajstić information content (AvgIpc) is 3.81. The van der Waals surface area contributed by atoms with Crippen molar-refractivity contribution in [2.75, 3.05) is 0 Å². The molecule has 11 nitrogen and oxygen atoms in total. The van der Waals surface area contributed by atoms with Crippen LogP contribution in [0.15, 0.2) is 0 Å². The molecule has 0 aromatic heterocycles. The summed E-state index contributed by atoms with van der Waals surface area (Å²) in [5.41, 5.74) is 0. The van der Waals surface area contributed by atoms with Crippen molar-refractivity contribution in [1.29, 1.82) is 0 Å². The van der Waals surface area contributed by atoms with Crippen molar-refractivity contribution in [1.82, 2.24) is 42.5 Å². The predicted octanol–water partition coefficient (Wildman–Crippen LogP) is 2.45. The number of rotatable bonds is 0. The van der Waals surface area contributed by atoms with Gasteiger partial charge in [0, 0.05) is 6.17 Å². The molecule has 0 aromatic carbocycles. The molecule has 14 heteroatoms. The molecule has 5 aliphatic heterocycles. The number of fused-ring (bicyclic) bond motifs is 20. The minimum absolute atomic E-state index is 0.365. The molecule has 46 heavy (non-hydrogen) atoms. The van der Waals surface area contributed by atoms with Gasteiger partial charge in [0.25, 0.3) is 0 Å². The van der Waals surface area contributed by atoms with E-state index in [0.717, 1.165) is 35.5 Å². The van der Waals surface area contributed by atoms with Gasteiger partial charge >= 0.3 is 25.2 Å². The predicted molar refractivity (Wildman–Crippen MR) is 174 cm³/mol. The topological polar surface area (TPSA) is 157 Å². The van der Waals surface area contributed by atoms with E-state index in [1.807, 2.05) is 0 Å². The van der Waals surface area contributed by atoms with Crippen molar-refractivity contribution in [2.45, 2.75) is 146 Å². The first-order valence-corrected chi connectivity index (χ1v) is 20.7. The van der Waals surface area contributed by atoms with Crippen LogP contribution in [0.5, 0.6) is 0 Å². The molecule has 9 N–H and O–H groups in total. The first-order valence-electron chi connectivity index (χ1n) is 18.3. The van der Waals surface area contributed by atoms with Gasteiger partial charge in [0.15, 0.2) is 0 Å². The second-order valence-corrected chi connectivity index (χ2v) is 16.1. The van der Waals surface area contributed by atoms with Gasteiger partial charge in [-0.2, -0.15) is 6.42 Å². The Morgan fingerprint density at radius 2 is 0.739 bits per heavy atom. The van der Waals surface area contributed by atoms with Crippen molar-refractivity contribution in [2.24, 2.45) is 47.3 Å². The summed E-state index contributed by atoms with van der Waals surface area (Å²) < 4.78 is 24.1. The van der Waals surface area contributed by atoms with Crippen LogP contribution in [-0.4, -0.2) is 62.6 Å². The fourth-order valence-electron chi connectivity index (χ4n) is 11.7. The van der Waals surface area contributed by atoms with Crippen LogP contribution in [0, 0.1) is 53.8 Å². The zero-order valence-electron chi connectivity index (χ0n) is 26.8. The van der Waals surface area contributed by atoms with Crippen LogP contribution < -0.4 is 42.5 Å². The Bertz CT molecular complexity index is 830. The second kappa shape index (κ2) is 15.8. The van der Waals surface area contributed by atoms with Crippen LogP contribution in [0.3, 0.4) is 0 Å². The molecule has 5 heterocycles. The van der Waals surface area contributed by atoms with Crippen LogP contribution in [0.4, 0.5) is 0 Å². The zero-order chi connectivity index (χ0) is 31.8. The second-order valence-electron chi connectivity index (χ2n) is 15.6. The third kappa shape index (κ3) is 7.17. The van der Waals surface area contributed by atoms with Crippen molar-refractivity contribution in [3.63, 3.8) is 0 Å². The zero-order valence-corrected chi connectivity index (χ0v) is 29.3. The molecule has 9 rings (SSSR count). The Labute approximate surface area is 290 Å². The van der Waals surface area contributed by atoms with E-state index in [1.54, 1.807) is 0 Å². The van der Waals surface area contributed by atoms with E-state index in [1.165, 1.54) is 96.3 Å². The van der Waals surface area contributed by atoms with Crippen LogP contribution in [0.1, 0.15) is 96.3 Å². The van der Waals surface area contributed by atoms with Crippen LogP contribution >= 0.6 is 10.1 Å². The van der Waals surface area contributed by atoms with E-state index in [2.05, 4.69) is 74.2 Å². The first kappa shape index (κ1) is 35.0. The summed E-state index contributed by atoms with van der Waals surface area (Å²) in [6, 6.07) is 0. The summed E-state index contributed by atoms with van der Waals surface area (Å²) in [5, 5.41) is 33.7. The molecule has 267 valence electrons. The third-order valence-electron chi connectivity index (χ3n) is 13.6. The van der Waals surface area contributed by atoms with E-state index in [9.17, 15) is 0 Å². The van der Waals surface area contributed by atoms with Gasteiger partial charge in [-0.05, 0) is 80.0 Å². The molecule has 0 amide bonds. The van der Waals surface area contributed by atoms with Crippen LogP contribution in [0.25, 0.3) is 0 Å². The maximum atomic E-state index is 8.56. The average molecular weight is 732 g/mol. The van der Waals surface area contributed by atoms with E-state index < -0.39 is 11.4 Å². The molecule has 17 unspecified atom stereocenters. The summed E-state index contributed by atoms with van der Waals surface area (Å²) >= 11 is 0.799. The molecular weight excluding hydrogens is 675 g/mol. The Morgan fingerprint density at radius 1 is 0.500 bits per heavy atom. The molecule has 17 atom stereocenters. The normalized spacial score (nSPS) is 51.6. The summed E-state index contributed by atoms with van der Waals surface area (Å²) in [6.07, 6.45) is 26.4. The Kier molecular flexibility index (Phi) is 12.0. The summed E-state index contributed by atoms with van der Waals surface area (Å²) in [4.78, 5) is 0. The molecule has 5 saturated heterocycles. The van der Waals surface area contributed by atoms with Gasteiger partial charge in [0.1, 0.15) is 0 Å². The Morgan fingerprint density at radius 3 is 1.04 bits per heavy atom. The number of nitrogens with one attached hydrogen (secondary N) is 8. The van der Waals surface area contributed by atoms with Crippen molar-refractivity contribution in [3.05, 3.63) is 6.42 Å².